The van der Waals surface area contributed by atoms with Crippen LogP contribution in [0.1, 0.15) is 33.6 Å². The van der Waals surface area contributed by atoms with E-state index in [1.54, 1.807) is 147 Å². The fourth-order valence-electron chi connectivity index (χ4n) is 9.30. The van der Waals surface area contributed by atoms with E-state index in [0.29, 0.717) is 83.8 Å². The van der Waals surface area contributed by atoms with Crippen molar-refractivity contribution in [2.24, 2.45) is 11.5 Å². The predicted octanol–water partition coefficient (Wildman–Crippen LogP) is 9.39. The van der Waals surface area contributed by atoms with Crippen LogP contribution in [0.15, 0.2) is 181 Å². The highest BCUT2D eigenvalue weighted by Gasteiger charge is 2.21. The normalized spacial score (nSPS) is 11.0. The molecule has 14 aromatic rings. The van der Waals surface area contributed by atoms with Crippen LogP contribution in [0, 0.1) is 34.1 Å². The number of fused-ring (bicyclic) bond motifs is 4. The van der Waals surface area contributed by atoms with Gasteiger partial charge in [0.2, 0.25) is 5.82 Å². The molecule has 0 bridgehead atoms. The molecule has 10 heterocycles. The minimum absolute atomic E-state index is 0.0126. The van der Waals surface area contributed by atoms with Gasteiger partial charge >= 0.3 is 0 Å². The Morgan fingerprint density at radius 3 is 1.29 bits per heavy atom. The number of aromatic amines is 1. The maximum absolute atomic E-state index is 14.0. The topological polar surface area (TPSA) is 320 Å². The van der Waals surface area contributed by atoms with E-state index in [1.807, 2.05) is 18.2 Å². The zero-order chi connectivity index (χ0) is 62.8. The number of hydrogen-bond donors (Lipinski definition) is 5. The smallest absolute Gasteiger partial charge is 0.269 e. The van der Waals surface area contributed by atoms with Gasteiger partial charge in [0.25, 0.3) is 5.56 Å². The van der Waals surface area contributed by atoms with Crippen LogP contribution in [0.25, 0.3) is 67.2 Å². The first-order chi connectivity index (χ1) is 43.7. The predicted molar refractivity (Wildman–Crippen MR) is 330 cm³/mol. The minimum atomic E-state index is -0.374. The molecule has 7 N–H and O–H groups in total. The first kappa shape index (κ1) is 60.3. The van der Waals surface area contributed by atoms with Crippen LogP contribution in [-0.2, 0) is 26.2 Å². The number of nitrogens with two attached hydrogens (primary N) is 2. The number of H-pyrrole nitrogens is 1. The first-order valence-electron chi connectivity index (χ1n) is 27.0. The average Bonchev–Trinajstić information content (AvgIpc) is 1.75. The number of pyridine rings is 4. The number of hydrogen-bond acceptors (Lipinski definition) is 17. The first-order valence-corrected chi connectivity index (χ1v) is 27.8. The number of nitrogens with one attached hydrogen (secondary N) is 3. The molecule has 0 atom stereocenters. The van der Waals surface area contributed by atoms with Gasteiger partial charge in [0.15, 0.2) is 38.7 Å². The van der Waals surface area contributed by atoms with Gasteiger partial charge in [-0.25, -0.2) is 61.2 Å². The van der Waals surface area contributed by atoms with E-state index in [1.165, 1.54) is 24.3 Å². The molecular weight excluding hydrogens is 1200 g/mol. The lowest BCUT2D eigenvalue weighted by atomic mass is 10.2. The highest BCUT2D eigenvalue weighted by Crippen LogP contribution is 2.28. The molecule has 29 heteroatoms. The fourth-order valence-corrected chi connectivity index (χ4v) is 9.50. The van der Waals surface area contributed by atoms with Crippen molar-refractivity contribution in [1.29, 1.82) is 10.8 Å². The summed E-state index contributed by atoms with van der Waals surface area (Å²) >= 11 is 11.7. The van der Waals surface area contributed by atoms with Crippen LogP contribution in [-0.4, -0.2) is 108 Å². The number of aromatic nitrogens is 18. The van der Waals surface area contributed by atoms with Crippen LogP contribution in [0.5, 0.6) is 0 Å². The van der Waals surface area contributed by atoms with Crippen molar-refractivity contribution >= 4 is 78.9 Å². The Morgan fingerprint density at radius 2 is 0.867 bits per heavy atom. The molecule has 0 aliphatic rings. The summed E-state index contributed by atoms with van der Waals surface area (Å²) in [6.07, 6.45) is 7.63. The molecule has 14 rings (SSSR count). The van der Waals surface area contributed by atoms with Crippen LogP contribution in [0.4, 0.5) is 17.6 Å². The summed E-state index contributed by atoms with van der Waals surface area (Å²) in [6, 6.07) is 40.4. The number of halogens is 6. The second kappa shape index (κ2) is 27.1. The molecule has 10 aromatic heterocycles. The zero-order valence-electron chi connectivity index (χ0n) is 46.7. The summed E-state index contributed by atoms with van der Waals surface area (Å²) in [5.74, 6) is -0.866. The lowest BCUT2D eigenvalue weighted by Crippen LogP contribution is -2.15. The summed E-state index contributed by atoms with van der Waals surface area (Å²) in [4.78, 5) is 35.4. The second-order valence-corrected chi connectivity index (χ2v) is 20.1. The van der Waals surface area contributed by atoms with Crippen LogP contribution in [0.3, 0.4) is 0 Å². The summed E-state index contributed by atoms with van der Waals surface area (Å²) in [5.41, 5.74) is 17.0. The monoisotopic (exact) mass is 1250 g/mol. The van der Waals surface area contributed by atoms with Gasteiger partial charge < -0.3 is 21.9 Å². The Bertz CT molecular complexity index is 5010. The zero-order valence-corrected chi connectivity index (χ0v) is 48.2. The standard InChI is InChI=1S/C16H9Cl2FN6.C16H11FN6O.C15H14FN5.C14H12FN5/c17-13-14(18)22-23-15(21-13)12-10-5-3-7-20-16(10)25(24-12)8-9-4-1-2-6-11(9)19;17-12-6-2-1-4-10(12)9-23-16-11(5-3-7-18-16)14(22-23)15-20-13(24)8-19-21-15;16-12-6-2-1-4-10(12)9-21-15-11(5-3-7-19-15)14(20-21)13(18)8-17;15-11-6-2-1-4-9(11)8-20-14-10(5-3-7-18-14)12(19-20)13(16)17/h1-7H,8H2;1-8H,9H2,(H,20,21,24);1-7,18H,8-9,17H2;1-7H,8H2,(H3,16,17). The molecule has 0 aliphatic heterocycles. The molecule has 23 nitrogen and oxygen atoms in total. The molecular formula is C61H46Cl2F4N22O. The third kappa shape index (κ3) is 13.3. The number of nitrogen functional groups attached to an aromatic ring is 1. The number of rotatable bonds is 13. The van der Waals surface area contributed by atoms with E-state index < -0.39 is 0 Å². The Hall–Kier alpha value is -11.4. The average molecular weight is 1250 g/mol. The quantitative estimate of drug-likeness (QED) is 0.0408. The van der Waals surface area contributed by atoms with Crippen molar-refractivity contribution in [1.82, 2.24) is 89.4 Å². The van der Waals surface area contributed by atoms with Crippen molar-refractivity contribution in [3.05, 3.63) is 254 Å². The van der Waals surface area contributed by atoms with Crippen LogP contribution < -0.4 is 17.0 Å². The lowest BCUT2D eigenvalue weighted by molar-refractivity contribution is 0.588. The Balaban J connectivity index is 0.000000124. The highest BCUT2D eigenvalue weighted by molar-refractivity contribution is 6.40. The Kier molecular flexibility index (Phi) is 18.1. The summed E-state index contributed by atoms with van der Waals surface area (Å²) in [6.45, 7) is 1.03. The Morgan fingerprint density at radius 1 is 0.478 bits per heavy atom. The number of nitrogens with zero attached hydrogens (tertiary/aromatic N) is 17. The second-order valence-electron chi connectivity index (χ2n) is 19.4. The van der Waals surface area contributed by atoms with E-state index in [4.69, 9.17) is 45.5 Å². The number of amidine groups is 1. The third-order valence-corrected chi connectivity index (χ3v) is 14.1. The van der Waals surface area contributed by atoms with E-state index in [0.717, 1.165) is 11.6 Å². The fraction of sp³-hybridized carbons (Fsp3) is 0.0820. The van der Waals surface area contributed by atoms with Gasteiger partial charge in [-0.1, -0.05) is 96.0 Å². The van der Waals surface area contributed by atoms with Crippen LogP contribution >= 0.6 is 23.2 Å². The summed E-state index contributed by atoms with van der Waals surface area (Å²) < 4.78 is 61.7. The van der Waals surface area contributed by atoms with E-state index >= 15 is 0 Å². The Labute approximate surface area is 515 Å². The van der Waals surface area contributed by atoms with Gasteiger partial charge in [-0.2, -0.15) is 25.5 Å². The van der Waals surface area contributed by atoms with Gasteiger partial charge in [-0.05, 0) is 72.8 Å². The third-order valence-electron chi connectivity index (χ3n) is 13.5. The van der Waals surface area contributed by atoms with Gasteiger partial charge in [0.1, 0.15) is 58.1 Å². The van der Waals surface area contributed by atoms with Crippen LogP contribution in [0.2, 0.25) is 10.3 Å². The maximum atomic E-state index is 14.0. The molecule has 0 spiro atoms. The van der Waals surface area contributed by atoms with Crippen molar-refractivity contribution in [3.63, 3.8) is 0 Å². The van der Waals surface area contributed by atoms with Gasteiger partial charge in [0.05, 0.1) is 48.0 Å². The summed E-state index contributed by atoms with van der Waals surface area (Å²) in [7, 11) is 0. The summed E-state index contributed by atoms with van der Waals surface area (Å²) in [5, 5.41) is 51.2. The van der Waals surface area contributed by atoms with Crippen molar-refractivity contribution in [3.8, 4) is 23.0 Å². The molecule has 0 amide bonds. The molecule has 0 saturated carbocycles. The molecule has 0 radical (unpaired) electrons. The maximum Gasteiger partial charge on any atom is 0.269 e. The van der Waals surface area contributed by atoms with Gasteiger partial charge in [-0.15, -0.1) is 15.3 Å². The van der Waals surface area contributed by atoms with E-state index in [2.05, 4.69) is 70.7 Å². The molecule has 90 heavy (non-hydrogen) atoms. The molecule has 0 saturated heterocycles. The van der Waals surface area contributed by atoms with Crippen molar-refractivity contribution in [2.45, 2.75) is 26.2 Å². The SMILES string of the molecule is Fc1ccccc1Cn1nc(-c2nnc(Cl)c(Cl)n2)c2cccnc21.N=C(CN)c1nn(Cc2ccccc2F)c2ncccc12.N=C(N)c1nn(Cc2ccccc2F)c2ncccc12.O=c1cnnc(-c2nn(Cc3ccccc3F)c3ncccc23)[nH]1. The number of benzene rings is 4. The molecule has 448 valence electrons. The molecule has 0 fully saturated rings. The molecule has 0 unspecified atom stereocenters. The lowest BCUT2D eigenvalue weighted by Gasteiger charge is -2.04. The van der Waals surface area contributed by atoms with Crippen molar-refractivity contribution in [2.75, 3.05) is 6.54 Å². The largest absolute Gasteiger partial charge is 0.382 e. The van der Waals surface area contributed by atoms with Gasteiger partial charge in [0, 0.05) is 59.0 Å². The minimum Gasteiger partial charge on any atom is -0.382 e. The molecule has 0 aliphatic carbocycles. The van der Waals surface area contributed by atoms with E-state index in [-0.39, 0.29) is 95.1 Å². The van der Waals surface area contributed by atoms with Crippen molar-refractivity contribution < 1.29 is 17.6 Å². The van der Waals surface area contributed by atoms with E-state index in [9.17, 15) is 22.4 Å². The van der Waals surface area contributed by atoms with Gasteiger partial charge in [-0.3, -0.25) is 10.2 Å². The molecule has 4 aromatic carbocycles. The highest BCUT2D eigenvalue weighted by atomic mass is 35.5.